The third-order valence-corrected chi connectivity index (χ3v) is 21.2. The Hall–Kier alpha value is -8.80. The molecule has 0 N–H and O–H groups in total. The molecule has 12 aromatic rings. The first-order valence-electron chi connectivity index (χ1n) is 30.7. The van der Waals surface area contributed by atoms with Gasteiger partial charge in [-0.25, -0.2) is 0 Å². The van der Waals surface area contributed by atoms with Crippen LogP contribution in [0.15, 0.2) is 205 Å². The molecule has 0 radical (unpaired) electrons. The fraction of sp³-hybridized carbons (Fsp3) is 0.215. The minimum Gasteiger partial charge on any atom is -0.454 e. The highest BCUT2D eigenvalue weighted by Gasteiger charge is 2.62. The van der Waals surface area contributed by atoms with Crippen LogP contribution in [0.2, 0.25) is 0 Å². The van der Waals surface area contributed by atoms with E-state index in [9.17, 15) is 0 Å². The molecule has 408 valence electrons. The molecule has 84 heavy (non-hydrogen) atoms. The maximum Gasteiger partial charge on any atom is 0.252 e. The van der Waals surface area contributed by atoms with Gasteiger partial charge in [-0.15, -0.1) is 0 Å². The zero-order valence-electron chi connectivity index (χ0n) is 49.7. The average Bonchev–Trinajstić information content (AvgIpc) is 1.47. The van der Waals surface area contributed by atoms with Gasteiger partial charge < -0.3 is 18.8 Å². The molecule has 5 aliphatic rings. The third kappa shape index (κ3) is 6.56. The highest BCUT2D eigenvalue weighted by Crippen LogP contribution is 2.63. The van der Waals surface area contributed by atoms with Gasteiger partial charge in [0, 0.05) is 60.8 Å². The van der Waals surface area contributed by atoms with Crippen molar-refractivity contribution < 1.29 is 4.42 Å². The number of hydrogen-bond acceptors (Lipinski definition) is 3. The Bertz CT molecular complexity index is 4820. The Labute approximate surface area is 494 Å². The molecule has 2 aliphatic carbocycles. The van der Waals surface area contributed by atoms with Crippen molar-refractivity contribution in [1.29, 1.82) is 0 Å². The van der Waals surface area contributed by atoms with Gasteiger partial charge in [0.25, 0.3) is 6.71 Å². The van der Waals surface area contributed by atoms with Gasteiger partial charge in [0.15, 0.2) is 5.58 Å². The molecule has 2 aromatic heterocycles. The Balaban J connectivity index is 1.01. The zero-order valence-corrected chi connectivity index (χ0v) is 49.7. The van der Waals surface area contributed by atoms with Crippen molar-refractivity contribution in [3.8, 4) is 50.3 Å². The summed E-state index contributed by atoms with van der Waals surface area (Å²) in [5.41, 5.74) is 32.3. The van der Waals surface area contributed by atoms with Crippen LogP contribution in [0, 0.1) is 13.8 Å². The first kappa shape index (κ1) is 49.8. The van der Waals surface area contributed by atoms with E-state index in [1.54, 1.807) is 0 Å². The van der Waals surface area contributed by atoms with E-state index in [2.05, 4.69) is 277 Å². The van der Waals surface area contributed by atoms with E-state index in [0.29, 0.717) is 0 Å². The summed E-state index contributed by atoms with van der Waals surface area (Å²) in [6, 6.07) is 76.3. The van der Waals surface area contributed by atoms with Crippen LogP contribution in [0.1, 0.15) is 108 Å². The van der Waals surface area contributed by atoms with Gasteiger partial charge in [0.1, 0.15) is 5.58 Å². The smallest absolute Gasteiger partial charge is 0.252 e. The number of aryl methyl sites for hydroxylation is 2. The number of aromatic nitrogens is 1. The van der Waals surface area contributed by atoms with Gasteiger partial charge >= 0.3 is 0 Å². The number of furan rings is 1. The normalized spacial score (nSPS) is 18.5. The van der Waals surface area contributed by atoms with Gasteiger partial charge in [-0.2, -0.15) is 0 Å². The Morgan fingerprint density at radius 1 is 0.536 bits per heavy atom. The molecule has 4 nitrogen and oxygen atoms in total. The minimum absolute atomic E-state index is 0.0339. The number of hydrogen-bond donors (Lipinski definition) is 0. The minimum atomic E-state index is -0.247. The molecule has 0 amide bonds. The third-order valence-electron chi connectivity index (χ3n) is 21.2. The quantitative estimate of drug-likeness (QED) is 0.155. The summed E-state index contributed by atoms with van der Waals surface area (Å²) in [4.78, 5) is 5.45. The Morgan fingerprint density at radius 2 is 1.23 bits per heavy atom. The van der Waals surface area contributed by atoms with Gasteiger partial charge in [-0.3, -0.25) is 0 Å². The van der Waals surface area contributed by atoms with E-state index in [4.69, 9.17) is 4.42 Å². The molecule has 2 atom stereocenters. The number of anilines is 5. The molecular formula is C79H68BN3O. The van der Waals surface area contributed by atoms with Crippen molar-refractivity contribution in [2.24, 2.45) is 0 Å². The molecule has 3 aliphatic heterocycles. The predicted octanol–water partition coefficient (Wildman–Crippen LogP) is 19.1. The average molecular weight is 1090 g/mol. The number of benzene rings is 10. The number of fused-ring (bicyclic) bond motifs is 15. The van der Waals surface area contributed by atoms with Crippen LogP contribution < -0.4 is 26.2 Å². The summed E-state index contributed by atoms with van der Waals surface area (Å²) in [6.45, 7) is 22.0. The molecule has 0 saturated heterocycles. The van der Waals surface area contributed by atoms with Crippen molar-refractivity contribution in [2.45, 2.75) is 110 Å². The predicted molar refractivity (Wildman–Crippen MR) is 355 cm³/mol. The molecule has 5 heteroatoms. The number of para-hydroxylation sites is 2. The fourth-order valence-electron chi connectivity index (χ4n) is 16.9. The Kier molecular flexibility index (Phi) is 10.2. The molecule has 0 spiro atoms. The second-order valence-corrected chi connectivity index (χ2v) is 27.2. The zero-order chi connectivity index (χ0) is 56.9. The molecule has 0 bridgehead atoms. The van der Waals surface area contributed by atoms with Crippen molar-refractivity contribution in [3.63, 3.8) is 0 Å². The van der Waals surface area contributed by atoms with Gasteiger partial charge in [0.2, 0.25) is 0 Å². The summed E-state index contributed by atoms with van der Waals surface area (Å²) in [5.74, 6) is 0. The summed E-state index contributed by atoms with van der Waals surface area (Å²) in [7, 11) is 0. The number of rotatable bonds is 6. The summed E-state index contributed by atoms with van der Waals surface area (Å²) in [6.07, 6.45) is 4.64. The first-order valence-corrected chi connectivity index (χ1v) is 30.7. The number of nitrogens with zero attached hydrogens (tertiary/aromatic N) is 3. The lowest BCUT2D eigenvalue weighted by molar-refractivity contribution is 0.195. The SMILES string of the molecule is Cc1ccc(C)c(-c2cc3c4c(c2)C2(C)CCCC[C@]2(C)N4c2cc(N(c4ccc(-c5ccccc5-c5ccccc5)cc4)c4cccc5c4oc4ccccc45)cc4c2B3c2cc(C(C)(C)C)cc3c5c(n-4c23)-c2ccccc2C5(C)C)c1. The van der Waals surface area contributed by atoms with Crippen molar-refractivity contribution in [2.75, 3.05) is 9.80 Å². The van der Waals surface area contributed by atoms with Crippen LogP contribution in [0.4, 0.5) is 28.4 Å². The largest absolute Gasteiger partial charge is 0.454 e. The van der Waals surface area contributed by atoms with E-state index in [1.807, 2.05) is 0 Å². The van der Waals surface area contributed by atoms with Crippen LogP contribution in [0.5, 0.6) is 0 Å². The highest BCUT2D eigenvalue weighted by molar-refractivity contribution is 7.00. The lowest BCUT2D eigenvalue weighted by atomic mass is 9.33. The van der Waals surface area contributed by atoms with Gasteiger partial charge in [-0.05, 0) is 165 Å². The van der Waals surface area contributed by atoms with Crippen LogP contribution >= 0.6 is 0 Å². The second-order valence-electron chi connectivity index (χ2n) is 27.2. The second kappa shape index (κ2) is 17.2. The molecule has 5 heterocycles. The molecule has 10 aromatic carbocycles. The van der Waals surface area contributed by atoms with Crippen LogP contribution in [-0.4, -0.2) is 16.8 Å². The Morgan fingerprint density at radius 3 is 2.01 bits per heavy atom. The van der Waals surface area contributed by atoms with Crippen molar-refractivity contribution in [1.82, 2.24) is 4.57 Å². The molecule has 1 unspecified atom stereocenters. The summed E-state index contributed by atoms with van der Waals surface area (Å²) < 4.78 is 9.87. The van der Waals surface area contributed by atoms with E-state index in [-0.39, 0.29) is 28.5 Å². The van der Waals surface area contributed by atoms with E-state index in [1.165, 1.54) is 135 Å². The van der Waals surface area contributed by atoms with E-state index >= 15 is 0 Å². The first-order chi connectivity index (χ1) is 40.6. The summed E-state index contributed by atoms with van der Waals surface area (Å²) >= 11 is 0. The van der Waals surface area contributed by atoms with Gasteiger partial charge in [0.05, 0.1) is 22.6 Å². The van der Waals surface area contributed by atoms with Crippen molar-refractivity contribution >= 4 is 84.4 Å². The molecule has 17 rings (SSSR count). The highest BCUT2D eigenvalue weighted by atomic mass is 16.3. The molecule has 1 saturated carbocycles. The summed E-state index contributed by atoms with van der Waals surface area (Å²) in [5, 5.41) is 3.60. The maximum absolute atomic E-state index is 7.11. The van der Waals surface area contributed by atoms with Crippen molar-refractivity contribution in [3.05, 3.63) is 234 Å². The molecular weight excluding hydrogens is 1020 g/mol. The lowest BCUT2D eigenvalue weighted by Gasteiger charge is -2.52. The van der Waals surface area contributed by atoms with Crippen LogP contribution in [0.3, 0.4) is 0 Å². The van der Waals surface area contributed by atoms with E-state index in [0.717, 1.165) is 51.8 Å². The van der Waals surface area contributed by atoms with Gasteiger partial charge in [-0.1, -0.05) is 212 Å². The molecule has 1 fully saturated rings. The lowest BCUT2D eigenvalue weighted by Crippen LogP contribution is -2.64. The fourth-order valence-corrected chi connectivity index (χ4v) is 16.9. The standard InChI is InChI=1S/C79H68BN3O/c1-47-32-33-48(2)60(40-47)51-41-63-74-64(42-51)80-65-44-52(76(3,4)5)43-61-70-73(59-27-15-17-29-62(59)77(70,6)7)82(72(61)65)67-45-54(46-68(71(67)80)83(74)79(9)39-20-19-38-78(63,79)8)81(66-30-21-28-58-57-26-16-18-31-69(57)84-75(58)66)53-36-34-50(35-37-53)56-25-14-13-24-55(56)49-22-11-10-12-23-49/h10-18,21-37,40-46H,19-20,38-39H2,1-9H3/t78?,79-/m0/s1. The van der Waals surface area contributed by atoms with E-state index < -0.39 is 0 Å². The van der Waals surface area contributed by atoms with Crippen LogP contribution in [0.25, 0.3) is 83.2 Å². The topological polar surface area (TPSA) is 24.6 Å². The monoisotopic (exact) mass is 1090 g/mol. The van der Waals surface area contributed by atoms with Crippen LogP contribution in [-0.2, 0) is 16.2 Å². The maximum atomic E-state index is 7.11.